The number of phenolic OH excluding ortho intramolecular Hbond substituents is 1. The van der Waals surface area contributed by atoms with Gasteiger partial charge in [0.1, 0.15) is 5.75 Å². The highest BCUT2D eigenvalue weighted by Crippen LogP contribution is 2.25. The number of benzene rings is 2. The monoisotopic (exact) mass is 344 g/mol. The van der Waals surface area contributed by atoms with E-state index in [0.29, 0.717) is 23.7 Å². The van der Waals surface area contributed by atoms with Gasteiger partial charge in [-0.2, -0.15) is 4.98 Å². The van der Waals surface area contributed by atoms with Crippen LogP contribution in [0.1, 0.15) is 17.0 Å². The van der Waals surface area contributed by atoms with E-state index in [1.54, 1.807) is 6.07 Å². The molecule has 0 aliphatic carbocycles. The molecule has 0 saturated heterocycles. The van der Waals surface area contributed by atoms with Crippen LogP contribution in [0.4, 0.5) is 0 Å². The number of aromatic hydroxyl groups is 1. The Morgan fingerprint density at radius 3 is 2.76 bits per heavy atom. The first kappa shape index (κ1) is 13.8. The predicted molar refractivity (Wildman–Crippen MR) is 83.1 cm³/mol. The Kier molecular flexibility index (Phi) is 3.75. The summed E-state index contributed by atoms with van der Waals surface area (Å²) in [7, 11) is 0. The summed E-state index contributed by atoms with van der Waals surface area (Å²) in [5, 5.41) is 13.7. The Morgan fingerprint density at radius 2 is 2.00 bits per heavy atom. The Morgan fingerprint density at radius 1 is 1.19 bits per heavy atom. The molecule has 0 radical (unpaired) electrons. The molecule has 3 aromatic rings. The molecule has 0 atom stereocenters. The van der Waals surface area contributed by atoms with Gasteiger partial charge in [-0.05, 0) is 36.2 Å². The lowest BCUT2D eigenvalue weighted by atomic mass is 10.1. The van der Waals surface area contributed by atoms with Crippen molar-refractivity contribution in [2.45, 2.75) is 13.3 Å². The number of aromatic nitrogens is 2. The second kappa shape index (κ2) is 5.69. The quantitative estimate of drug-likeness (QED) is 0.776. The number of nitrogens with zero attached hydrogens (tertiary/aromatic N) is 2. The van der Waals surface area contributed by atoms with E-state index in [4.69, 9.17) is 4.52 Å². The molecular formula is C16H13BrN2O2. The van der Waals surface area contributed by atoms with E-state index < -0.39 is 0 Å². The maximum Gasteiger partial charge on any atom is 0.258 e. The first-order valence-corrected chi connectivity index (χ1v) is 7.29. The summed E-state index contributed by atoms with van der Waals surface area (Å²) >= 11 is 3.50. The summed E-state index contributed by atoms with van der Waals surface area (Å²) in [5.74, 6) is 1.24. The summed E-state index contributed by atoms with van der Waals surface area (Å²) in [5.41, 5.74) is 2.62. The van der Waals surface area contributed by atoms with Crippen molar-refractivity contribution < 1.29 is 9.63 Å². The van der Waals surface area contributed by atoms with E-state index in [-0.39, 0.29) is 5.75 Å². The number of hydrogen-bond acceptors (Lipinski definition) is 4. The summed E-state index contributed by atoms with van der Waals surface area (Å²) < 4.78 is 6.29. The van der Waals surface area contributed by atoms with Crippen molar-refractivity contribution in [3.05, 3.63) is 63.9 Å². The van der Waals surface area contributed by atoms with E-state index in [2.05, 4.69) is 26.1 Å². The van der Waals surface area contributed by atoms with Crippen molar-refractivity contribution >= 4 is 15.9 Å². The van der Waals surface area contributed by atoms with Crippen molar-refractivity contribution in [2.24, 2.45) is 0 Å². The van der Waals surface area contributed by atoms with Crippen molar-refractivity contribution in [1.29, 1.82) is 0 Å². The molecule has 0 amide bonds. The molecule has 0 spiro atoms. The largest absolute Gasteiger partial charge is 0.508 e. The Bertz CT molecular complexity index is 783. The van der Waals surface area contributed by atoms with Crippen LogP contribution in [-0.2, 0) is 6.42 Å². The Balaban J connectivity index is 1.86. The van der Waals surface area contributed by atoms with Crippen LogP contribution >= 0.6 is 15.9 Å². The van der Waals surface area contributed by atoms with Gasteiger partial charge in [-0.3, -0.25) is 0 Å². The van der Waals surface area contributed by atoms with E-state index in [9.17, 15) is 5.11 Å². The molecule has 106 valence electrons. The van der Waals surface area contributed by atoms with Crippen molar-refractivity contribution in [1.82, 2.24) is 10.1 Å². The topological polar surface area (TPSA) is 59.2 Å². The molecule has 0 unspecified atom stereocenters. The van der Waals surface area contributed by atoms with Gasteiger partial charge in [-0.25, -0.2) is 0 Å². The van der Waals surface area contributed by atoms with Gasteiger partial charge in [0.15, 0.2) is 5.82 Å². The van der Waals surface area contributed by atoms with E-state index in [0.717, 1.165) is 15.6 Å². The molecule has 2 aromatic carbocycles. The fourth-order valence-electron chi connectivity index (χ4n) is 2.00. The zero-order valence-electron chi connectivity index (χ0n) is 11.4. The third-order valence-corrected chi connectivity index (χ3v) is 4.00. The molecule has 0 saturated carbocycles. The lowest BCUT2D eigenvalue weighted by Crippen LogP contribution is -1.91. The highest BCUT2D eigenvalue weighted by molar-refractivity contribution is 9.10. The minimum atomic E-state index is 0.220. The number of phenols is 1. The highest BCUT2D eigenvalue weighted by Gasteiger charge is 2.11. The SMILES string of the molecule is Cc1ccc(-c2nc(Cc3ccccc3Br)no2)cc1O. The predicted octanol–water partition coefficient (Wildman–Crippen LogP) is 4.10. The van der Waals surface area contributed by atoms with Crippen LogP contribution in [0, 0.1) is 6.92 Å². The molecule has 0 aliphatic heterocycles. The van der Waals surface area contributed by atoms with Crippen molar-refractivity contribution in [3.63, 3.8) is 0 Å². The lowest BCUT2D eigenvalue weighted by molar-refractivity contribution is 0.423. The fraction of sp³-hybridized carbons (Fsp3) is 0.125. The fourth-order valence-corrected chi connectivity index (χ4v) is 2.42. The maximum absolute atomic E-state index is 9.74. The standard InChI is InChI=1S/C16H13BrN2O2/c1-10-6-7-12(8-14(10)20)16-18-15(19-21-16)9-11-4-2-3-5-13(11)17/h2-8,20H,9H2,1H3. The van der Waals surface area contributed by atoms with Crippen LogP contribution in [0.15, 0.2) is 51.5 Å². The summed E-state index contributed by atoms with van der Waals surface area (Å²) in [6, 6.07) is 13.2. The van der Waals surface area contributed by atoms with Gasteiger partial charge in [0, 0.05) is 16.5 Å². The van der Waals surface area contributed by atoms with Crippen LogP contribution in [0.2, 0.25) is 0 Å². The molecule has 3 rings (SSSR count). The number of aryl methyl sites for hydroxylation is 1. The van der Waals surface area contributed by atoms with Gasteiger partial charge in [0.2, 0.25) is 0 Å². The second-order valence-corrected chi connectivity index (χ2v) is 5.64. The van der Waals surface area contributed by atoms with Crippen LogP contribution in [0.25, 0.3) is 11.5 Å². The minimum absolute atomic E-state index is 0.220. The highest BCUT2D eigenvalue weighted by atomic mass is 79.9. The average molecular weight is 345 g/mol. The van der Waals surface area contributed by atoms with Gasteiger partial charge in [-0.15, -0.1) is 0 Å². The molecule has 1 aromatic heterocycles. The first-order valence-electron chi connectivity index (χ1n) is 6.49. The first-order chi connectivity index (χ1) is 10.1. The molecule has 0 aliphatic rings. The maximum atomic E-state index is 9.74. The number of rotatable bonds is 3. The van der Waals surface area contributed by atoms with Crippen molar-refractivity contribution in [3.8, 4) is 17.2 Å². The Hall–Kier alpha value is -2.14. The number of halogens is 1. The molecule has 1 N–H and O–H groups in total. The molecule has 5 heteroatoms. The zero-order chi connectivity index (χ0) is 14.8. The van der Waals surface area contributed by atoms with E-state index in [1.165, 1.54) is 0 Å². The summed E-state index contributed by atoms with van der Waals surface area (Å²) in [6.07, 6.45) is 0.586. The third kappa shape index (κ3) is 2.97. The van der Waals surface area contributed by atoms with Crippen LogP contribution in [-0.4, -0.2) is 15.2 Å². The van der Waals surface area contributed by atoms with Crippen LogP contribution < -0.4 is 0 Å². The minimum Gasteiger partial charge on any atom is -0.508 e. The average Bonchev–Trinajstić information content (AvgIpc) is 2.93. The summed E-state index contributed by atoms with van der Waals surface area (Å²) in [4.78, 5) is 4.38. The molecule has 0 bridgehead atoms. The lowest BCUT2D eigenvalue weighted by Gasteiger charge is -2.00. The molecular weight excluding hydrogens is 332 g/mol. The van der Waals surface area contributed by atoms with Gasteiger partial charge >= 0.3 is 0 Å². The van der Waals surface area contributed by atoms with E-state index in [1.807, 2.05) is 43.3 Å². The third-order valence-electron chi connectivity index (χ3n) is 3.23. The van der Waals surface area contributed by atoms with E-state index >= 15 is 0 Å². The van der Waals surface area contributed by atoms with Gasteiger partial charge in [0.25, 0.3) is 5.89 Å². The summed E-state index contributed by atoms with van der Waals surface area (Å²) in [6.45, 7) is 1.84. The van der Waals surface area contributed by atoms with Crippen LogP contribution in [0.5, 0.6) is 5.75 Å². The second-order valence-electron chi connectivity index (χ2n) is 4.79. The molecule has 21 heavy (non-hydrogen) atoms. The Labute approximate surface area is 130 Å². The van der Waals surface area contributed by atoms with Gasteiger partial charge < -0.3 is 9.63 Å². The molecule has 4 nitrogen and oxygen atoms in total. The smallest absolute Gasteiger partial charge is 0.258 e. The molecule has 1 heterocycles. The van der Waals surface area contributed by atoms with Crippen LogP contribution in [0.3, 0.4) is 0 Å². The van der Waals surface area contributed by atoms with Gasteiger partial charge in [0.05, 0.1) is 0 Å². The molecule has 0 fully saturated rings. The van der Waals surface area contributed by atoms with Gasteiger partial charge in [-0.1, -0.05) is 45.4 Å². The normalized spacial score (nSPS) is 10.8. The number of hydrogen-bond donors (Lipinski definition) is 1. The van der Waals surface area contributed by atoms with Crippen molar-refractivity contribution in [2.75, 3.05) is 0 Å². The zero-order valence-corrected chi connectivity index (χ0v) is 13.0.